The Morgan fingerprint density at radius 1 is 0.574 bits per heavy atom. The molecule has 2 aliphatic carbocycles. The molecule has 0 spiro atoms. The molecular weight excluding hydrogens is 604 g/mol. The van der Waals surface area contributed by atoms with Crippen molar-refractivity contribution in [1.82, 2.24) is 0 Å². The van der Waals surface area contributed by atoms with Gasteiger partial charge in [-0.05, 0) is 101 Å². The van der Waals surface area contributed by atoms with Gasteiger partial charge in [0.15, 0.2) is 0 Å². The van der Waals surface area contributed by atoms with Gasteiger partial charge in [-0.15, -0.1) is 0 Å². The summed E-state index contributed by atoms with van der Waals surface area (Å²) in [4.78, 5) is 48.5. The Kier molecular flexibility index (Phi) is 9.19. The molecular formula is C37H32O10. The smallest absolute Gasteiger partial charge is 0.338 e. The van der Waals surface area contributed by atoms with Crippen molar-refractivity contribution in [3.8, 4) is 11.5 Å². The van der Waals surface area contributed by atoms with Gasteiger partial charge < -0.3 is 28.4 Å². The lowest BCUT2D eigenvalue weighted by molar-refractivity contribution is -0.145. The fraction of sp³-hybridized carbons (Fsp3) is 0.243. The highest BCUT2D eigenvalue weighted by molar-refractivity contribution is 5.97. The van der Waals surface area contributed by atoms with Crippen LogP contribution in [0.2, 0.25) is 0 Å². The zero-order valence-electron chi connectivity index (χ0n) is 25.4. The lowest BCUT2D eigenvalue weighted by Gasteiger charge is -2.27. The summed E-state index contributed by atoms with van der Waals surface area (Å²) in [5.41, 5.74) is 0.894. The summed E-state index contributed by atoms with van der Waals surface area (Å²) in [6.45, 7) is 6.21. The third-order valence-corrected chi connectivity index (χ3v) is 8.53. The Morgan fingerprint density at radius 2 is 0.979 bits per heavy atom. The van der Waals surface area contributed by atoms with Crippen LogP contribution >= 0.6 is 0 Å². The van der Waals surface area contributed by atoms with E-state index in [0.717, 1.165) is 40.1 Å². The van der Waals surface area contributed by atoms with Gasteiger partial charge in [0.2, 0.25) is 13.6 Å². The van der Waals surface area contributed by atoms with Crippen molar-refractivity contribution in [3.63, 3.8) is 0 Å². The number of benzene rings is 4. The second kappa shape index (κ2) is 13.8. The molecule has 2 aliphatic rings. The number of hydrogen-bond donors (Lipinski definition) is 0. The van der Waals surface area contributed by atoms with Crippen LogP contribution in [0, 0.1) is 11.8 Å². The van der Waals surface area contributed by atoms with Crippen LogP contribution in [0.5, 0.6) is 11.5 Å². The topological polar surface area (TPSA) is 124 Å². The first-order chi connectivity index (χ1) is 22.8. The maximum atomic E-state index is 13.1. The molecule has 0 amide bonds. The SMILES string of the molecule is C=CC(=O)OCOc1ccc2cc(C(=O)OC3CC4CC3CC4OC(=O)c3ccc4cc(OCOC(=O)C=C)ccc4c3)ccc2c1. The summed E-state index contributed by atoms with van der Waals surface area (Å²) in [6.07, 6.45) is 3.78. The Morgan fingerprint density at radius 3 is 1.38 bits per heavy atom. The standard InChI is InChI=1S/C37H32O10/c1-3-34(38)44-20-42-30-11-9-22-13-26(7-5-24(22)16-30)36(40)46-32-18-29-15-28(32)19-33(29)47-37(41)27-8-6-25-17-31(12-10-23(25)14-27)43-21-45-35(39)4-2/h3-14,16-17,28-29,32-33H,1-2,15,18-21H2. The molecule has 2 bridgehead atoms. The Bertz CT molecular complexity index is 1740. The summed E-state index contributed by atoms with van der Waals surface area (Å²) < 4.78 is 32.4. The molecule has 4 aromatic carbocycles. The summed E-state index contributed by atoms with van der Waals surface area (Å²) >= 11 is 0. The lowest BCUT2D eigenvalue weighted by Crippen LogP contribution is -2.32. The zero-order chi connectivity index (χ0) is 32.9. The third-order valence-electron chi connectivity index (χ3n) is 8.53. The van der Waals surface area contributed by atoms with E-state index in [0.29, 0.717) is 35.5 Å². The van der Waals surface area contributed by atoms with Gasteiger partial charge in [0.05, 0.1) is 11.1 Å². The molecule has 0 saturated heterocycles. The fourth-order valence-corrected chi connectivity index (χ4v) is 6.18. The number of fused-ring (bicyclic) bond motifs is 4. The summed E-state index contributed by atoms with van der Waals surface area (Å²) in [7, 11) is 0. The molecule has 47 heavy (non-hydrogen) atoms. The molecule has 0 heterocycles. The van der Waals surface area contributed by atoms with Crippen LogP contribution < -0.4 is 9.47 Å². The number of esters is 4. The molecule has 2 fully saturated rings. The minimum absolute atomic E-state index is 0.123. The van der Waals surface area contributed by atoms with Crippen molar-refractivity contribution in [1.29, 1.82) is 0 Å². The Hall–Kier alpha value is -5.64. The van der Waals surface area contributed by atoms with E-state index in [9.17, 15) is 19.2 Å². The average molecular weight is 637 g/mol. The van der Waals surface area contributed by atoms with Gasteiger partial charge in [-0.25, -0.2) is 19.2 Å². The normalized spacial score (nSPS) is 19.5. The van der Waals surface area contributed by atoms with Crippen LogP contribution in [-0.2, 0) is 28.5 Å². The Labute approximate surface area is 270 Å². The van der Waals surface area contributed by atoms with Crippen molar-refractivity contribution in [2.24, 2.45) is 11.8 Å². The maximum absolute atomic E-state index is 13.1. The van der Waals surface area contributed by atoms with Crippen molar-refractivity contribution >= 4 is 45.4 Å². The molecule has 10 heteroatoms. The van der Waals surface area contributed by atoms with Crippen LogP contribution in [0.3, 0.4) is 0 Å². The van der Waals surface area contributed by atoms with E-state index < -0.39 is 23.9 Å². The van der Waals surface area contributed by atoms with Crippen molar-refractivity contribution < 1.29 is 47.6 Å². The molecule has 4 atom stereocenters. The predicted octanol–water partition coefficient (Wildman–Crippen LogP) is 6.30. The largest absolute Gasteiger partial charge is 0.458 e. The van der Waals surface area contributed by atoms with Crippen LogP contribution in [0.4, 0.5) is 0 Å². The molecule has 240 valence electrons. The van der Waals surface area contributed by atoms with Crippen LogP contribution in [-0.4, -0.2) is 49.7 Å². The number of rotatable bonds is 12. The first kappa shape index (κ1) is 31.3. The molecule has 4 unspecified atom stereocenters. The van der Waals surface area contributed by atoms with Gasteiger partial charge in [-0.3, -0.25) is 0 Å². The number of ether oxygens (including phenoxy) is 6. The van der Waals surface area contributed by atoms with E-state index in [1.165, 1.54) is 0 Å². The number of carbonyl (C=O) groups is 4. The maximum Gasteiger partial charge on any atom is 0.338 e. The highest BCUT2D eigenvalue weighted by Gasteiger charge is 2.49. The van der Waals surface area contributed by atoms with Gasteiger partial charge in [0, 0.05) is 12.2 Å². The van der Waals surface area contributed by atoms with E-state index in [1.54, 1.807) is 48.5 Å². The summed E-state index contributed by atoms with van der Waals surface area (Å²) in [5, 5.41) is 3.38. The quantitative estimate of drug-likeness (QED) is 0.0757. The number of carbonyl (C=O) groups excluding carboxylic acids is 4. The van der Waals surface area contributed by atoms with Crippen LogP contribution in [0.15, 0.2) is 98.1 Å². The highest BCUT2D eigenvalue weighted by Crippen LogP contribution is 2.48. The van der Waals surface area contributed by atoms with Crippen LogP contribution in [0.25, 0.3) is 21.5 Å². The summed E-state index contributed by atoms with van der Waals surface area (Å²) in [5.74, 6) is -0.636. The van der Waals surface area contributed by atoms with E-state index in [4.69, 9.17) is 28.4 Å². The molecule has 0 aromatic heterocycles. The van der Waals surface area contributed by atoms with E-state index in [1.807, 2.05) is 24.3 Å². The van der Waals surface area contributed by atoms with Gasteiger partial charge >= 0.3 is 23.9 Å². The van der Waals surface area contributed by atoms with E-state index >= 15 is 0 Å². The minimum atomic E-state index is -0.571. The van der Waals surface area contributed by atoms with Gasteiger partial charge in [0.1, 0.15) is 23.7 Å². The van der Waals surface area contributed by atoms with E-state index in [2.05, 4.69) is 13.2 Å². The van der Waals surface area contributed by atoms with E-state index in [-0.39, 0.29) is 37.6 Å². The molecule has 10 nitrogen and oxygen atoms in total. The minimum Gasteiger partial charge on any atom is -0.458 e. The lowest BCUT2D eigenvalue weighted by atomic mass is 9.94. The Balaban J connectivity index is 0.999. The first-order valence-electron chi connectivity index (χ1n) is 15.1. The molecule has 0 aliphatic heterocycles. The second-order valence-corrected chi connectivity index (χ2v) is 11.4. The predicted molar refractivity (Wildman–Crippen MR) is 171 cm³/mol. The fourth-order valence-electron chi connectivity index (χ4n) is 6.18. The average Bonchev–Trinajstić information content (AvgIpc) is 3.67. The second-order valence-electron chi connectivity index (χ2n) is 11.4. The van der Waals surface area contributed by atoms with Crippen molar-refractivity contribution in [3.05, 3.63) is 109 Å². The zero-order valence-corrected chi connectivity index (χ0v) is 25.4. The monoisotopic (exact) mass is 636 g/mol. The van der Waals surface area contributed by atoms with Crippen molar-refractivity contribution in [2.45, 2.75) is 31.5 Å². The third kappa shape index (κ3) is 7.27. The van der Waals surface area contributed by atoms with Gasteiger partial charge in [-0.2, -0.15) is 0 Å². The molecule has 0 N–H and O–H groups in total. The molecule has 6 rings (SSSR count). The molecule has 2 saturated carbocycles. The summed E-state index contributed by atoms with van der Waals surface area (Å²) in [6, 6.07) is 21.3. The first-order valence-corrected chi connectivity index (χ1v) is 15.1. The molecule has 0 radical (unpaired) electrons. The van der Waals surface area contributed by atoms with Crippen LogP contribution in [0.1, 0.15) is 40.0 Å². The van der Waals surface area contributed by atoms with Gasteiger partial charge in [-0.1, -0.05) is 37.4 Å². The van der Waals surface area contributed by atoms with Gasteiger partial charge in [0.25, 0.3) is 0 Å². The highest BCUT2D eigenvalue weighted by atomic mass is 16.7. The molecule has 4 aromatic rings. The number of hydrogen-bond acceptors (Lipinski definition) is 10. The van der Waals surface area contributed by atoms with Crippen molar-refractivity contribution in [2.75, 3.05) is 13.6 Å².